The summed E-state index contributed by atoms with van der Waals surface area (Å²) < 4.78 is 10.7. The van der Waals surface area contributed by atoms with E-state index in [2.05, 4.69) is 10.2 Å². The summed E-state index contributed by atoms with van der Waals surface area (Å²) in [6.45, 7) is 2.76. The van der Waals surface area contributed by atoms with Gasteiger partial charge in [-0.2, -0.15) is 0 Å². The van der Waals surface area contributed by atoms with Crippen LogP contribution in [0.15, 0.2) is 33.9 Å². The first-order valence-corrected chi connectivity index (χ1v) is 8.60. The third-order valence-corrected chi connectivity index (χ3v) is 4.51. The molecule has 0 saturated heterocycles. The zero-order valence-corrected chi connectivity index (χ0v) is 14.0. The van der Waals surface area contributed by atoms with Gasteiger partial charge in [-0.25, -0.2) is 0 Å². The molecule has 2 aromatic rings. The van der Waals surface area contributed by atoms with E-state index in [0.717, 1.165) is 30.7 Å². The fraction of sp³-hybridized carbons (Fsp3) is 0.438. The Morgan fingerprint density at radius 1 is 1.35 bits per heavy atom. The van der Waals surface area contributed by atoms with E-state index < -0.39 is 0 Å². The van der Waals surface area contributed by atoms with Crippen LogP contribution < -0.4 is 4.74 Å². The lowest BCUT2D eigenvalue weighted by atomic mass is 10.2. The lowest BCUT2D eigenvalue weighted by Gasteiger charge is -2.19. The standard InChI is InChI=1S/C16H19N3O3S/c1-3-19(12-6-7-12)14(20)10-23-16-18-17-15(22-16)11-4-8-13(21-2)9-5-11/h4-5,8-9,12H,3,6-7,10H2,1-2H3. The summed E-state index contributed by atoms with van der Waals surface area (Å²) in [6.07, 6.45) is 2.23. The van der Waals surface area contributed by atoms with Crippen molar-refractivity contribution in [2.24, 2.45) is 0 Å². The molecule has 1 aliphatic carbocycles. The number of hydrogen-bond acceptors (Lipinski definition) is 6. The third kappa shape index (κ3) is 3.85. The SMILES string of the molecule is CCN(C(=O)CSc1nnc(-c2ccc(OC)cc2)o1)C1CC1. The number of thioether (sulfide) groups is 1. The van der Waals surface area contributed by atoms with Gasteiger partial charge in [-0.1, -0.05) is 11.8 Å². The lowest BCUT2D eigenvalue weighted by molar-refractivity contribution is -0.128. The van der Waals surface area contributed by atoms with Gasteiger partial charge in [0.25, 0.3) is 5.22 Å². The number of benzene rings is 1. The van der Waals surface area contributed by atoms with E-state index >= 15 is 0 Å². The van der Waals surface area contributed by atoms with E-state index in [9.17, 15) is 4.79 Å². The fourth-order valence-corrected chi connectivity index (χ4v) is 3.00. The van der Waals surface area contributed by atoms with Crippen molar-refractivity contribution in [1.29, 1.82) is 0 Å². The number of hydrogen-bond donors (Lipinski definition) is 0. The number of rotatable bonds is 7. The molecule has 23 heavy (non-hydrogen) atoms. The predicted octanol–water partition coefficient (Wildman–Crippen LogP) is 2.85. The molecule has 0 aliphatic heterocycles. The highest BCUT2D eigenvalue weighted by Gasteiger charge is 2.31. The summed E-state index contributed by atoms with van der Waals surface area (Å²) in [7, 11) is 1.62. The Kier molecular flexibility index (Phi) is 4.85. The molecule has 0 unspecified atom stereocenters. The molecule has 1 aliphatic rings. The Hall–Kier alpha value is -2.02. The minimum absolute atomic E-state index is 0.129. The molecular formula is C16H19N3O3S. The number of methoxy groups -OCH3 is 1. The maximum atomic E-state index is 12.2. The van der Waals surface area contributed by atoms with Gasteiger partial charge in [0.15, 0.2) is 0 Å². The van der Waals surface area contributed by atoms with Gasteiger partial charge in [0.1, 0.15) is 5.75 Å². The molecule has 0 radical (unpaired) electrons. The highest BCUT2D eigenvalue weighted by Crippen LogP contribution is 2.28. The highest BCUT2D eigenvalue weighted by molar-refractivity contribution is 7.99. The first kappa shape index (κ1) is 15.9. The van der Waals surface area contributed by atoms with Crippen molar-refractivity contribution < 1.29 is 13.9 Å². The largest absolute Gasteiger partial charge is 0.497 e. The smallest absolute Gasteiger partial charge is 0.277 e. The molecule has 7 heteroatoms. The average molecular weight is 333 g/mol. The number of carbonyl (C=O) groups excluding carboxylic acids is 1. The van der Waals surface area contributed by atoms with Crippen LogP contribution >= 0.6 is 11.8 Å². The van der Waals surface area contributed by atoms with Crippen LogP contribution in [0.25, 0.3) is 11.5 Å². The molecule has 6 nitrogen and oxygen atoms in total. The summed E-state index contributed by atoms with van der Waals surface area (Å²) in [5, 5.41) is 8.44. The Morgan fingerprint density at radius 3 is 2.70 bits per heavy atom. The maximum absolute atomic E-state index is 12.2. The van der Waals surface area contributed by atoms with Gasteiger partial charge >= 0.3 is 0 Å². The van der Waals surface area contributed by atoms with E-state index in [1.165, 1.54) is 11.8 Å². The number of nitrogens with zero attached hydrogens (tertiary/aromatic N) is 3. The van der Waals surface area contributed by atoms with Gasteiger partial charge in [0, 0.05) is 18.2 Å². The van der Waals surface area contributed by atoms with E-state index in [1.807, 2.05) is 36.1 Å². The van der Waals surface area contributed by atoms with Crippen LogP contribution in [0.4, 0.5) is 0 Å². The predicted molar refractivity (Wildman–Crippen MR) is 87.4 cm³/mol. The molecule has 0 bridgehead atoms. The van der Waals surface area contributed by atoms with Crippen LogP contribution in [0.2, 0.25) is 0 Å². The van der Waals surface area contributed by atoms with Crippen molar-refractivity contribution in [2.75, 3.05) is 19.4 Å². The minimum atomic E-state index is 0.129. The Balaban J connectivity index is 1.59. The number of aromatic nitrogens is 2. The monoisotopic (exact) mass is 333 g/mol. The molecule has 1 heterocycles. The zero-order chi connectivity index (χ0) is 16.2. The number of carbonyl (C=O) groups is 1. The first-order chi connectivity index (χ1) is 11.2. The molecule has 1 amide bonds. The van der Waals surface area contributed by atoms with Crippen LogP contribution in [0.3, 0.4) is 0 Å². The molecule has 0 atom stereocenters. The molecule has 1 fully saturated rings. The van der Waals surface area contributed by atoms with E-state index in [1.54, 1.807) is 7.11 Å². The van der Waals surface area contributed by atoms with Crippen LogP contribution in [0.1, 0.15) is 19.8 Å². The number of ether oxygens (including phenoxy) is 1. The van der Waals surface area contributed by atoms with E-state index in [0.29, 0.717) is 22.9 Å². The highest BCUT2D eigenvalue weighted by atomic mass is 32.2. The molecular weight excluding hydrogens is 314 g/mol. The van der Waals surface area contributed by atoms with Crippen LogP contribution in [0, 0.1) is 0 Å². The van der Waals surface area contributed by atoms with E-state index in [-0.39, 0.29) is 5.91 Å². The van der Waals surface area contributed by atoms with E-state index in [4.69, 9.17) is 9.15 Å². The van der Waals surface area contributed by atoms with Crippen LogP contribution in [-0.4, -0.2) is 46.5 Å². The van der Waals surface area contributed by atoms with Crippen molar-refractivity contribution in [2.45, 2.75) is 31.0 Å². The topological polar surface area (TPSA) is 68.5 Å². The maximum Gasteiger partial charge on any atom is 0.277 e. The van der Waals surface area contributed by atoms with Crippen LogP contribution in [-0.2, 0) is 4.79 Å². The second kappa shape index (κ2) is 7.04. The molecule has 0 N–H and O–H groups in total. The van der Waals surface area contributed by atoms with Crippen LogP contribution in [0.5, 0.6) is 5.75 Å². The normalized spacial score (nSPS) is 13.8. The summed E-state index contributed by atoms with van der Waals surface area (Å²) >= 11 is 1.28. The van der Waals surface area contributed by atoms with Gasteiger partial charge in [0.05, 0.1) is 12.9 Å². The van der Waals surface area contributed by atoms with Gasteiger partial charge in [-0.15, -0.1) is 10.2 Å². The van der Waals surface area contributed by atoms with Gasteiger partial charge in [-0.05, 0) is 44.0 Å². The molecule has 1 aromatic carbocycles. The zero-order valence-electron chi connectivity index (χ0n) is 13.2. The average Bonchev–Trinajstić information content (AvgIpc) is 3.30. The van der Waals surface area contributed by atoms with Crippen molar-refractivity contribution in [1.82, 2.24) is 15.1 Å². The summed E-state index contributed by atoms with van der Waals surface area (Å²) in [6, 6.07) is 7.83. The van der Waals surface area contributed by atoms with Gasteiger partial charge in [-0.3, -0.25) is 4.79 Å². The summed E-state index contributed by atoms with van der Waals surface area (Å²) in [5.41, 5.74) is 0.824. The first-order valence-electron chi connectivity index (χ1n) is 7.61. The molecule has 0 spiro atoms. The second-order valence-corrected chi connectivity index (χ2v) is 6.23. The second-order valence-electron chi connectivity index (χ2n) is 5.30. The molecule has 122 valence electrons. The Bertz CT molecular complexity index is 667. The quantitative estimate of drug-likeness (QED) is 0.726. The van der Waals surface area contributed by atoms with Crippen molar-refractivity contribution in [3.63, 3.8) is 0 Å². The lowest BCUT2D eigenvalue weighted by Crippen LogP contribution is -2.34. The van der Waals surface area contributed by atoms with Crippen molar-refractivity contribution >= 4 is 17.7 Å². The van der Waals surface area contributed by atoms with Crippen molar-refractivity contribution in [3.8, 4) is 17.2 Å². The Labute approximate surface area is 139 Å². The third-order valence-electron chi connectivity index (χ3n) is 3.71. The molecule has 1 aromatic heterocycles. The van der Waals surface area contributed by atoms with Gasteiger partial charge < -0.3 is 14.1 Å². The number of amides is 1. The van der Waals surface area contributed by atoms with Gasteiger partial charge in [0.2, 0.25) is 11.8 Å². The molecule has 3 rings (SSSR count). The van der Waals surface area contributed by atoms with Crippen molar-refractivity contribution in [3.05, 3.63) is 24.3 Å². The fourth-order valence-electron chi connectivity index (χ4n) is 2.35. The minimum Gasteiger partial charge on any atom is -0.497 e. The molecule has 1 saturated carbocycles. The summed E-state index contributed by atoms with van der Waals surface area (Å²) in [5.74, 6) is 1.67. The summed E-state index contributed by atoms with van der Waals surface area (Å²) in [4.78, 5) is 14.1. The Morgan fingerprint density at radius 2 is 2.09 bits per heavy atom.